The Bertz CT molecular complexity index is 1720. The minimum Gasteiger partial charge on any atom is -0.462 e. The van der Waals surface area contributed by atoms with Crippen molar-refractivity contribution in [1.29, 1.82) is 0 Å². The minimum absolute atomic E-state index is 0.00687. The van der Waals surface area contributed by atoms with Gasteiger partial charge in [-0.05, 0) is 122 Å². The quantitative estimate of drug-likeness (QED) is 0.0490. The lowest BCUT2D eigenvalue weighted by Crippen LogP contribution is -2.53. The van der Waals surface area contributed by atoms with Gasteiger partial charge in [-0.25, -0.2) is 9.69 Å². The number of carbonyl (C=O) groups excluding carboxylic acids is 3. The van der Waals surface area contributed by atoms with E-state index in [2.05, 4.69) is 134 Å². The average Bonchev–Trinajstić information content (AvgIpc) is 3.63. The normalized spacial score (nSPS) is 24.0. The Morgan fingerprint density at radius 2 is 1.46 bits per heavy atom. The van der Waals surface area contributed by atoms with E-state index in [1.54, 1.807) is 0 Å². The van der Waals surface area contributed by atoms with Crippen molar-refractivity contribution in [3.63, 3.8) is 0 Å². The molecule has 12 heteroatoms. The van der Waals surface area contributed by atoms with Crippen LogP contribution in [0.25, 0.3) is 0 Å². The van der Waals surface area contributed by atoms with Gasteiger partial charge in [0, 0.05) is 5.92 Å². The third-order valence-corrected chi connectivity index (χ3v) is 31.1. The van der Waals surface area contributed by atoms with Gasteiger partial charge < -0.3 is 22.8 Å². The molecule has 3 rings (SSSR count). The third kappa shape index (κ3) is 16.8. The zero-order chi connectivity index (χ0) is 50.2. The van der Waals surface area contributed by atoms with Crippen molar-refractivity contribution in [2.45, 2.75) is 238 Å². The Hall–Kier alpha value is -2.62. The lowest BCUT2D eigenvalue weighted by molar-refractivity contribution is -0.151. The summed E-state index contributed by atoms with van der Waals surface area (Å²) < 4.78 is 33.7. The Kier molecular flexibility index (Phi) is 23.7. The molecule has 7 atom stereocenters. The van der Waals surface area contributed by atoms with Crippen LogP contribution in [0.4, 0.5) is 4.79 Å². The van der Waals surface area contributed by atoms with Crippen LogP contribution < -0.4 is 0 Å². The summed E-state index contributed by atoms with van der Waals surface area (Å²) in [5.74, 6) is -0.446. The van der Waals surface area contributed by atoms with Gasteiger partial charge in [-0.2, -0.15) is 0 Å². The highest BCUT2D eigenvalue weighted by Gasteiger charge is 2.49. The largest absolute Gasteiger partial charge is 0.462 e. The van der Waals surface area contributed by atoms with Crippen LogP contribution in [0.1, 0.15) is 154 Å². The predicted molar refractivity (Wildman–Crippen MR) is 285 cm³/mol. The van der Waals surface area contributed by atoms with Gasteiger partial charge in [0.05, 0.1) is 30.8 Å². The van der Waals surface area contributed by atoms with Crippen molar-refractivity contribution < 1.29 is 37.1 Å². The molecule has 2 saturated heterocycles. The van der Waals surface area contributed by atoms with E-state index >= 15 is 0 Å². The fourth-order valence-electron chi connectivity index (χ4n) is 10.4. The molecule has 0 bridgehead atoms. The van der Waals surface area contributed by atoms with Crippen molar-refractivity contribution in [3.8, 4) is 0 Å². The first-order valence-electron chi connectivity index (χ1n) is 26.3. The summed E-state index contributed by atoms with van der Waals surface area (Å²) in [4.78, 5) is 41.2. The molecule has 0 spiro atoms. The highest BCUT2D eigenvalue weighted by molar-refractivity contribution is 6.77. The van der Waals surface area contributed by atoms with E-state index in [0.29, 0.717) is 42.3 Å². The topological polar surface area (TPSA) is 101 Å². The van der Waals surface area contributed by atoms with Gasteiger partial charge in [-0.15, -0.1) is 0 Å². The Labute approximate surface area is 412 Å². The molecule has 1 aromatic rings. The maximum absolute atomic E-state index is 13.7. The van der Waals surface area contributed by atoms with Crippen LogP contribution in [0, 0.1) is 11.8 Å². The van der Waals surface area contributed by atoms with Crippen LogP contribution in [0.5, 0.6) is 0 Å². The standard InChI is InChI=1S/C55H95NO8Si3/c1-17-48-33-27-35-50(64-67(41(5)6,42(7)8)43(9)10)44(11)51(63-66(18-2,19-3)20-4)38-46(39-53(58)61-48)31-25-22-26-32-49(62-65(15,16)55(12,13)14)34-28-36-52(57)56-47(40-60-54(56)59)37-45-29-23-21-24-30-45/h21-26,28-31,36,41-44,46-51H,17-20,27,32-35,37-40H2,1-16H3/b26-22+,31-25+,36-28+/t44-,46+,47-,48+,49-,50+,51-/m0/s1. The van der Waals surface area contributed by atoms with Gasteiger partial charge in [0.25, 0.3) is 5.91 Å². The van der Waals surface area contributed by atoms with E-state index in [0.717, 1.165) is 55.8 Å². The molecule has 67 heavy (non-hydrogen) atoms. The number of rotatable bonds is 22. The van der Waals surface area contributed by atoms with E-state index < -0.39 is 31.0 Å². The van der Waals surface area contributed by atoms with Crippen molar-refractivity contribution in [3.05, 3.63) is 72.4 Å². The summed E-state index contributed by atoms with van der Waals surface area (Å²) in [6.45, 7) is 37.0. The second-order valence-electron chi connectivity index (χ2n) is 22.2. The van der Waals surface area contributed by atoms with Crippen LogP contribution in [0.2, 0.25) is 52.9 Å². The first-order chi connectivity index (χ1) is 31.5. The first kappa shape index (κ1) is 58.7. The molecule has 0 saturated carbocycles. The van der Waals surface area contributed by atoms with Gasteiger partial charge in [0.15, 0.2) is 16.6 Å². The SMILES string of the molecule is CC[C@@H]1CCC[C@@H](O[Si](C(C)C)(C(C)C)C(C)C)[C@H](C)[C@@H](O[Si](CC)(CC)CC)C[C@@H](/C=C/C=C/C[C@@H](C/C=C/C(=O)N2C(=O)OC[C@@H]2Cc2ccccc2)O[Si](C)(C)C(C)(C)C)CC(=O)O1. The Balaban J connectivity index is 1.95. The van der Waals surface area contributed by atoms with E-state index in [-0.39, 0.29) is 65.8 Å². The molecule has 0 radical (unpaired) electrons. The molecule has 0 aromatic heterocycles. The van der Waals surface area contributed by atoms with Gasteiger partial charge in [-0.3, -0.25) is 9.59 Å². The van der Waals surface area contributed by atoms with Crippen LogP contribution in [-0.2, 0) is 38.8 Å². The maximum atomic E-state index is 13.7. The molecule has 2 fully saturated rings. The van der Waals surface area contributed by atoms with Gasteiger partial charge in [0.1, 0.15) is 12.7 Å². The van der Waals surface area contributed by atoms with E-state index in [1.165, 1.54) is 11.0 Å². The number of amides is 2. The molecular formula is C55H95NO8Si3. The lowest BCUT2D eigenvalue weighted by Gasteiger charge is -2.48. The lowest BCUT2D eigenvalue weighted by atomic mass is 9.86. The summed E-state index contributed by atoms with van der Waals surface area (Å²) in [5, 5.41) is -0.00687. The number of nitrogens with zero attached hydrogens (tertiary/aromatic N) is 1. The molecule has 9 nitrogen and oxygen atoms in total. The number of ether oxygens (including phenoxy) is 2. The monoisotopic (exact) mass is 982 g/mol. The second-order valence-corrected chi connectivity index (χ2v) is 37.1. The number of imide groups is 1. The fraction of sp³-hybridized carbons (Fsp3) is 0.727. The van der Waals surface area contributed by atoms with Gasteiger partial charge in [-0.1, -0.05) is 158 Å². The van der Waals surface area contributed by atoms with Crippen molar-refractivity contribution in [1.82, 2.24) is 4.90 Å². The van der Waals surface area contributed by atoms with Crippen molar-refractivity contribution >= 4 is 42.9 Å². The number of benzene rings is 1. The summed E-state index contributed by atoms with van der Waals surface area (Å²) >= 11 is 0. The minimum atomic E-state index is -2.22. The van der Waals surface area contributed by atoms with E-state index in [1.807, 2.05) is 36.4 Å². The van der Waals surface area contributed by atoms with Crippen LogP contribution >= 0.6 is 0 Å². The highest BCUT2D eigenvalue weighted by atomic mass is 28.4. The Morgan fingerprint density at radius 3 is 2.03 bits per heavy atom. The highest BCUT2D eigenvalue weighted by Crippen LogP contribution is 2.46. The third-order valence-electron chi connectivity index (χ3n) is 15.8. The zero-order valence-electron chi connectivity index (χ0n) is 45.0. The van der Waals surface area contributed by atoms with Crippen LogP contribution in [0.15, 0.2) is 66.8 Å². The number of hydrogen-bond donors (Lipinski definition) is 0. The van der Waals surface area contributed by atoms with Gasteiger partial charge in [0.2, 0.25) is 8.32 Å². The molecule has 2 aliphatic heterocycles. The number of hydrogen-bond acceptors (Lipinski definition) is 8. The van der Waals surface area contributed by atoms with Crippen molar-refractivity contribution in [2.75, 3.05) is 6.61 Å². The average molecular weight is 983 g/mol. The molecule has 2 heterocycles. The summed E-state index contributed by atoms with van der Waals surface area (Å²) in [5.41, 5.74) is 2.47. The summed E-state index contributed by atoms with van der Waals surface area (Å²) in [6.07, 6.45) is 17.2. The zero-order valence-corrected chi connectivity index (χ0v) is 48.0. The van der Waals surface area contributed by atoms with Crippen molar-refractivity contribution in [2.24, 2.45) is 11.8 Å². The van der Waals surface area contributed by atoms with E-state index in [9.17, 15) is 14.4 Å². The molecule has 2 aliphatic rings. The number of cyclic esters (lactones) is 2. The molecule has 380 valence electrons. The number of carbonyl (C=O) groups is 3. The summed E-state index contributed by atoms with van der Waals surface area (Å²) in [7, 11) is -6.46. The Morgan fingerprint density at radius 1 is 0.851 bits per heavy atom. The second kappa shape index (κ2) is 27.1. The number of allylic oxidation sites excluding steroid dienone is 3. The number of esters is 1. The molecule has 0 N–H and O–H groups in total. The summed E-state index contributed by atoms with van der Waals surface area (Å²) in [6, 6.07) is 12.7. The van der Waals surface area contributed by atoms with Crippen LogP contribution in [0.3, 0.4) is 0 Å². The van der Waals surface area contributed by atoms with Crippen LogP contribution in [-0.4, -0.2) is 84.9 Å². The first-order valence-corrected chi connectivity index (χ1v) is 33.8. The predicted octanol–water partition coefficient (Wildman–Crippen LogP) is 14.9. The van der Waals surface area contributed by atoms with E-state index in [4.69, 9.17) is 22.8 Å². The molecular weight excluding hydrogens is 887 g/mol. The molecule has 0 aliphatic carbocycles. The molecule has 0 unspecified atom stereocenters. The molecule has 2 amide bonds. The smallest absolute Gasteiger partial charge is 0.417 e. The van der Waals surface area contributed by atoms with Gasteiger partial charge >= 0.3 is 12.1 Å². The molecule has 1 aromatic carbocycles. The fourth-order valence-corrected chi connectivity index (χ4v) is 20.4. The maximum Gasteiger partial charge on any atom is 0.417 e.